The van der Waals surface area contributed by atoms with Gasteiger partial charge in [-0.2, -0.15) is 0 Å². The summed E-state index contributed by atoms with van der Waals surface area (Å²) in [6.07, 6.45) is 0.863. The summed E-state index contributed by atoms with van der Waals surface area (Å²) in [6.45, 7) is 0. The second kappa shape index (κ2) is 1.18. The van der Waals surface area contributed by atoms with Crippen LogP contribution < -0.4 is 0 Å². The van der Waals surface area contributed by atoms with Crippen molar-refractivity contribution in [2.75, 3.05) is 6.26 Å². The molecule has 0 aliphatic rings. The Morgan fingerprint density at radius 1 is 2.00 bits per heavy atom. The van der Waals surface area contributed by atoms with Crippen LogP contribution in [0.4, 0.5) is 3.89 Å². The first-order valence-corrected chi connectivity index (χ1v) is 3.69. The predicted octanol–water partition coefficient (Wildman–Crippen LogP) is 0.247. The zero-order valence-electron chi connectivity index (χ0n) is 2.60. The smallest absolute Gasteiger partial charge is 0.180 e. The molecule has 0 fully saturated rings. The van der Waals surface area contributed by atoms with Gasteiger partial charge < -0.3 is 0 Å². The monoisotopic (exact) mass is 114 g/mol. The molecule has 1 unspecified atom stereocenters. The van der Waals surface area contributed by atoms with E-state index in [1.165, 1.54) is 0 Å². The maximum absolute atomic E-state index is 11.0. The Hall–Kier alpha value is 0.300. The molecule has 0 N–H and O–H groups in total. The van der Waals surface area contributed by atoms with Crippen LogP contribution in [-0.2, 0) is 20.1 Å². The van der Waals surface area contributed by atoms with Gasteiger partial charge in [0.05, 0.1) is 0 Å². The van der Waals surface area contributed by atoms with E-state index in [1.54, 1.807) is 0 Å². The lowest BCUT2D eigenvalue weighted by Crippen LogP contribution is -1.75. The van der Waals surface area contributed by atoms with Crippen LogP contribution in [0.3, 0.4) is 0 Å². The van der Waals surface area contributed by atoms with Crippen LogP contribution in [0, 0.1) is 0 Å². The van der Waals surface area contributed by atoms with Gasteiger partial charge in [0.25, 0.3) is 0 Å². The first kappa shape index (κ1) is 5.30. The summed E-state index contributed by atoms with van der Waals surface area (Å²) in [4.78, 5) is 0. The van der Waals surface area contributed by atoms with Gasteiger partial charge in [0.2, 0.25) is 0 Å². The molecule has 0 bridgehead atoms. The fourth-order valence-electron chi connectivity index (χ4n) is 0. The highest BCUT2D eigenvalue weighted by Crippen LogP contribution is 1.77. The molecule has 1 atom stereocenters. The summed E-state index contributed by atoms with van der Waals surface area (Å²) < 4.78 is 20.4. The van der Waals surface area contributed by atoms with E-state index in [4.69, 9.17) is 0 Å². The molecule has 32 valence electrons. The molecule has 0 aromatic heterocycles. The highest BCUT2D eigenvalue weighted by molar-refractivity contribution is 8.29. The summed E-state index contributed by atoms with van der Waals surface area (Å²) in [6, 6.07) is 0. The molecule has 0 radical (unpaired) electrons. The van der Waals surface area contributed by atoms with Gasteiger partial charge in [-0.1, -0.05) is 0 Å². The lowest BCUT2D eigenvalue weighted by Gasteiger charge is -1.68. The quantitative estimate of drug-likeness (QED) is 0.420. The molecule has 0 amide bonds. The standard InChI is InChI=1S/CH3FOS2/c1-5(2,3)4/h1H3. The average Bonchev–Trinajstić information content (AvgIpc) is 0.722. The molecule has 1 nitrogen and oxygen atoms in total. The van der Waals surface area contributed by atoms with E-state index >= 15 is 0 Å². The first-order valence-electron chi connectivity index (χ1n) is 0.896. The highest BCUT2D eigenvalue weighted by Gasteiger charge is 1.80. The predicted molar refractivity (Wildman–Crippen MR) is 22.5 cm³/mol. The SMILES string of the molecule is CS(=O)(F)=S. The van der Waals surface area contributed by atoms with Gasteiger partial charge in [-0.3, -0.25) is 0 Å². The summed E-state index contributed by atoms with van der Waals surface area (Å²) in [5, 5.41) is 0. The fourth-order valence-corrected chi connectivity index (χ4v) is 0. The zero-order chi connectivity index (χ0) is 4.50. The van der Waals surface area contributed by atoms with Crippen LogP contribution in [0.5, 0.6) is 0 Å². The zero-order valence-corrected chi connectivity index (χ0v) is 4.24. The van der Waals surface area contributed by atoms with Crippen molar-refractivity contribution in [1.82, 2.24) is 0 Å². The number of halogens is 1. The second-order valence-electron chi connectivity index (χ2n) is 0.682. The molecule has 0 saturated heterocycles. The lowest BCUT2D eigenvalue weighted by molar-refractivity contribution is 0.652. The van der Waals surface area contributed by atoms with Gasteiger partial charge in [-0.25, -0.2) is 4.21 Å². The Morgan fingerprint density at radius 2 is 2.00 bits per heavy atom. The van der Waals surface area contributed by atoms with Gasteiger partial charge >= 0.3 is 0 Å². The number of rotatable bonds is 0. The van der Waals surface area contributed by atoms with Crippen LogP contribution in [0.2, 0.25) is 0 Å². The topological polar surface area (TPSA) is 17.1 Å². The van der Waals surface area contributed by atoms with Crippen molar-refractivity contribution in [1.29, 1.82) is 0 Å². The Labute approximate surface area is 35.2 Å². The molecular formula is CH3FOS2. The Morgan fingerprint density at radius 3 is 2.00 bits per heavy atom. The van der Waals surface area contributed by atoms with Crippen LogP contribution in [-0.4, -0.2) is 10.5 Å². The average molecular weight is 114 g/mol. The Balaban J connectivity index is 4.06. The van der Waals surface area contributed by atoms with Crippen molar-refractivity contribution in [2.45, 2.75) is 0 Å². The third-order valence-electron chi connectivity index (χ3n) is 0. The van der Waals surface area contributed by atoms with Gasteiger partial charge in [0.15, 0.2) is 8.88 Å². The van der Waals surface area contributed by atoms with E-state index in [9.17, 15) is 8.09 Å². The maximum atomic E-state index is 11.0. The van der Waals surface area contributed by atoms with E-state index in [2.05, 4.69) is 11.2 Å². The van der Waals surface area contributed by atoms with Crippen molar-refractivity contribution in [2.24, 2.45) is 0 Å². The maximum Gasteiger partial charge on any atom is 0.180 e. The first-order chi connectivity index (χ1) is 2.00. The van der Waals surface area contributed by atoms with Crippen LogP contribution in [0.15, 0.2) is 0 Å². The lowest BCUT2D eigenvalue weighted by atomic mass is 12.0. The highest BCUT2D eigenvalue weighted by atomic mass is 32.9. The minimum absolute atomic E-state index is 0.863. The summed E-state index contributed by atoms with van der Waals surface area (Å²) in [7, 11) is -3.33. The van der Waals surface area contributed by atoms with Crippen molar-refractivity contribution >= 4 is 20.1 Å². The van der Waals surface area contributed by atoms with Crippen LogP contribution >= 0.6 is 0 Å². The normalized spacial score (nSPS) is 21.2. The van der Waals surface area contributed by atoms with Crippen molar-refractivity contribution in [3.05, 3.63) is 0 Å². The molecule has 0 aromatic rings. The molecule has 0 rings (SSSR count). The fraction of sp³-hybridized carbons (Fsp3) is 1.00. The number of hydrogen-bond donors (Lipinski definition) is 0. The third-order valence-corrected chi connectivity index (χ3v) is 0. The molecule has 0 saturated carbocycles. The molecule has 0 aliphatic heterocycles. The Bertz CT molecular complexity index is 92.8. The van der Waals surface area contributed by atoms with Crippen molar-refractivity contribution in [3.63, 3.8) is 0 Å². The van der Waals surface area contributed by atoms with Crippen LogP contribution in [0.25, 0.3) is 0 Å². The van der Waals surface area contributed by atoms with E-state index in [1.807, 2.05) is 0 Å². The third kappa shape index (κ3) is 253. The van der Waals surface area contributed by atoms with Crippen molar-refractivity contribution < 1.29 is 8.09 Å². The van der Waals surface area contributed by atoms with Crippen LogP contribution in [0.1, 0.15) is 0 Å². The van der Waals surface area contributed by atoms with E-state index in [-0.39, 0.29) is 0 Å². The largest absolute Gasteiger partial charge is 0.224 e. The molecule has 0 aromatic carbocycles. The van der Waals surface area contributed by atoms with Gasteiger partial charge in [0.1, 0.15) is 0 Å². The van der Waals surface area contributed by atoms with E-state index in [0.29, 0.717) is 0 Å². The molecule has 0 spiro atoms. The minimum Gasteiger partial charge on any atom is -0.224 e. The second-order valence-corrected chi connectivity index (χ2v) is 3.83. The molecular weight excluding hydrogens is 111 g/mol. The van der Waals surface area contributed by atoms with Gasteiger partial charge in [-0.15, -0.1) is 3.89 Å². The number of hydrogen-bond acceptors (Lipinski definition) is 2. The molecule has 0 aliphatic carbocycles. The molecule has 0 heterocycles. The van der Waals surface area contributed by atoms with Gasteiger partial charge in [0, 0.05) is 17.4 Å². The van der Waals surface area contributed by atoms with E-state index < -0.39 is 8.88 Å². The Kier molecular flexibility index (Phi) is 1.25. The summed E-state index contributed by atoms with van der Waals surface area (Å²) >= 11 is 3.69. The minimum atomic E-state index is -3.33. The van der Waals surface area contributed by atoms with Crippen molar-refractivity contribution in [3.8, 4) is 0 Å². The molecule has 4 heteroatoms. The summed E-state index contributed by atoms with van der Waals surface area (Å²) in [5.41, 5.74) is 0. The summed E-state index contributed by atoms with van der Waals surface area (Å²) in [5.74, 6) is 0. The van der Waals surface area contributed by atoms with Gasteiger partial charge in [-0.05, 0) is 0 Å². The molecule has 5 heavy (non-hydrogen) atoms. The van der Waals surface area contributed by atoms with E-state index in [0.717, 1.165) is 6.26 Å².